The average Bonchev–Trinajstić information content (AvgIpc) is 2.72. The van der Waals surface area contributed by atoms with Crippen molar-refractivity contribution in [2.24, 2.45) is 5.73 Å². The van der Waals surface area contributed by atoms with Crippen molar-refractivity contribution in [1.82, 2.24) is 15.0 Å². The minimum atomic E-state index is -0.478. The molecule has 0 spiro atoms. The molecule has 0 bridgehead atoms. The maximum atomic E-state index is 11.2. The predicted molar refractivity (Wildman–Crippen MR) is 58.5 cm³/mol. The third kappa shape index (κ3) is 2.70. The zero-order valence-corrected chi connectivity index (χ0v) is 9.04. The van der Waals surface area contributed by atoms with Crippen LogP contribution in [0.5, 0.6) is 5.75 Å². The normalized spacial score (nSPS) is 10.6. The maximum absolute atomic E-state index is 11.2. The van der Waals surface area contributed by atoms with Gasteiger partial charge in [0.25, 0.3) is 0 Å². The molecule has 0 unspecified atom stereocenters. The van der Waals surface area contributed by atoms with Crippen LogP contribution < -0.4 is 11.2 Å². The predicted octanol–water partition coefficient (Wildman–Crippen LogP) is -0.514. The summed E-state index contributed by atoms with van der Waals surface area (Å²) in [5.41, 5.74) is 5.70. The Balaban J connectivity index is 2.13. The first-order chi connectivity index (χ1) is 8.19. The van der Waals surface area contributed by atoms with Crippen molar-refractivity contribution in [2.45, 2.75) is 13.0 Å². The molecule has 3 N–H and O–H groups in total. The fraction of sp³-hybridized carbons (Fsp3) is 0.300. The summed E-state index contributed by atoms with van der Waals surface area (Å²) in [7, 11) is 0. The van der Waals surface area contributed by atoms with Gasteiger partial charge in [-0.3, -0.25) is 4.79 Å². The first-order valence-electron chi connectivity index (χ1n) is 5.09. The maximum Gasteiger partial charge on any atom is 0.226 e. The molecular formula is C10H12N4O3. The van der Waals surface area contributed by atoms with Crippen molar-refractivity contribution in [3.63, 3.8) is 0 Å². The molecule has 0 saturated carbocycles. The first-order valence-corrected chi connectivity index (χ1v) is 5.09. The molecule has 0 fully saturated rings. The zero-order valence-electron chi connectivity index (χ0n) is 9.04. The van der Waals surface area contributed by atoms with Gasteiger partial charge in [-0.05, 0) is 6.54 Å². The van der Waals surface area contributed by atoms with Gasteiger partial charge in [-0.1, -0.05) is 5.21 Å². The van der Waals surface area contributed by atoms with Gasteiger partial charge in [-0.2, -0.15) is 0 Å². The molecule has 7 nitrogen and oxygen atoms in total. The molecule has 17 heavy (non-hydrogen) atoms. The summed E-state index contributed by atoms with van der Waals surface area (Å²) in [6.45, 7) is 0.792. The van der Waals surface area contributed by atoms with Gasteiger partial charge in [0.15, 0.2) is 5.75 Å². The Bertz CT molecular complexity index is 561. The van der Waals surface area contributed by atoms with Crippen LogP contribution in [-0.2, 0) is 13.0 Å². The average molecular weight is 236 g/mol. The molecule has 0 saturated heterocycles. The van der Waals surface area contributed by atoms with Crippen LogP contribution in [0, 0.1) is 0 Å². The third-order valence-electron chi connectivity index (χ3n) is 2.17. The van der Waals surface area contributed by atoms with Crippen molar-refractivity contribution in [3.8, 4) is 5.75 Å². The van der Waals surface area contributed by atoms with Crippen LogP contribution in [0.1, 0.15) is 11.5 Å². The van der Waals surface area contributed by atoms with Gasteiger partial charge in [-0.25, -0.2) is 4.68 Å². The van der Waals surface area contributed by atoms with Gasteiger partial charge in [0, 0.05) is 18.7 Å². The number of hydrogen-bond donors (Lipinski definition) is 2. The van der Waals surface area contributed by atoms with E-state index in [1.807, 2.05) is 0 Å². The molecule has 2 heterocycles. The molecule has 2 aromatic heterocycles. The molecule has 0 aliphatic rings. The summed E-state index contributed by atoms with van der Waals surface area (Å²) in [6.07, 6.45) is 3.40. The lowest BCUT2D eigenvalue weighted by Gasteiger charge is -1.99. The Morgan fingerprint density at radius 3 is 3.06 bits per heavy atom. The lowest BCUT2D eigenvalue weighted by atomic mass is 10.3. The quantitative estimate of drug-likeness (QED) is 0.740. The molecule has 0 aliphatic carbocycles. The number of nitrogens with zero attached hydrogens (tertiary/aromatic N) is 3. The topological polar surface area (TPSA) is 107 Å². The van der Waals surface area contributed by atoms with Crippen LogP contribution in [0.15, 0.2) is 27.7 Å². The standard InChI is InChI=1S/C10H12N4O3/c11-2-1-7-4-14(13-12-7)5-8-3-9(15)10(16)6-17-8/h3-4,6,16H,1-2,5,11H2. The summed E-state index contributed by atoms with van der Waals surface area (Å²) >= 11 is 0. The number of hydrogen-bond acceptors (Lipinski definition) is 6. The monoisotopic (exact) mass is 236 g/mol. The summed E-state index contributed by atoms with van der Waals surface area (Å²) in [4.78, 5) is 11.2. The fourth-order valence-electron chi connectivity index (χ4n) is 1.36. The van der Waals surface area contributed by atoms with E-state index < -0.39 is 11.2 Å². The highest BCUT2D eigenvalue weighted by molar-refractivity contribution is 5.15. The largest absolute Gasteiger partial charge is 0.502 e. The van der Waals surface area contributed by atoms with Crippen molar-refractivity contribution in [3.05, 3.63) is 40.2 Å². The Kier molecular flexibility index (Phi) is 3.20. The second kappa shape index (κ2) is 4.79. The minimum Gasteiger partial charge on any atom is -0.502 e. The van der Waals surface area contributed by atoms with Gasteiger partial charge in [0.05, 0.1) is 5.69 Å². The van der Waals surface area contributed by atoms with Gasteiger partial charge in [-0.15, -0.1) is 5.10 Å². The van der Waals surface area contributed by atoms with Crippen LogP contribution in [0.3, 0.4) is 0 Å². The van der Waals surface area contributed by atoms with Crippen molar-refractivity contribution in [1.29, 1.82) is 0 Å². The van der Waals surface area contributed by atoms with Crippen LogP contribution in [0.4, 0.5) is 0 Å². The molecule has 0 aliphatic heterocycles. The zero-order chi connectivity index (χ0) is 12.3. The van der Waals surface area contributed by atoms with E-state index in [1.54, 1.807) is 10.9 Å². The molecule has 90 valence electrons. The minimum absolute atomic E-state index is 0.285. The Labute approximate surface area is 96.5 Å². The molecule has 0 aromatic carbocycles. The molecule has 0 atom stereocenters. The summed E-state index contributed by atoms with van der Waals surface area (Å²) in [5.74, 6) is -0.00633. The van der Waals surface area contributed by atoms with Gasteiger partial charge in [0.2, 0.25) is 5.43 Å². The lowest BCUT2D eigenvalue weighted by Crippen LogP contribution is -2.05. The van der Waals surface area contributed by atoms with E-state index in [0.29, 0.717) is 18.7 Å². The van der Waals surface area contributed by atoms with E-state index in [4.69, 9.17) is 15.3 Å². The van der Waals surface area contributed by atoms with E-state index in [-0.39, 0.29) is 6.54 Å². The SMILES string of the molecule is NCCc1cn(Cc2cc(=O)c(O)co2)nn1. The highest BCUT2D eigenvalue weighted by Crippen LogP contribution is 2.05. The third-order valence-corrected chi connectivity index (χ3v) is 2.17. The second-order valence-electron chi connectivity index (χ2n) is 3.54. The molecule has 0 amide bonds. The smallest absolute Gasteiger partial charge is 0.226 e. The molecule has 7 heteroatoms. The van der Waals surface area contributed by atoms with Gasteiger partial charge >= 0.3 is 0 Å². The van der Waals surface area contributed by atoms with Crippen LogP contribution in [0.2, 0.25) is 0 Å². The summed E-state index contributed by atoms with van der Waals surface area (Å²) < 4.78 is 6.59. The second-order valence-corrected chi connectivity index (χ2v) is 3.54. The van der Waals surface area contributed by atoms with Crippen molar-refractivity contribution >= 4 is 0 Å². The highest BCUT2D eigenvalue weighted by Gasteiger charge is 2.05. The van der Waals surface area contributed by atoms with E-state index in [0.717, 1.165) is 12.0 Å². The molecule has 2 rings (SSSR count). The fourth-order valence-corrected chi connectivity index (χ4v) is 1.36. The summed E-state index contributed by atoms with van der Waals surface area (Å²) in [5, 5.41) is 16.8. The van der Waals surface area contributed by atoms with Gasteiger partial charge in [0.1, 0.15) is 18.6 Å². The van der Waals surface area contributed by atoms with E-state index in [9.17, 15) is 4.79 Å². The lowest BCUT2D eigenvalue weighted by molar-refractivity contribution is 0.403. The van der Waals surface area contributed by atoms with Crippen molar-refractivity contribution < 1.29 is 9.52 Å². The summed E-state index contributed by atoms with van der Waals surface area (Å²) in [6, 6.07) is 1.22. The van der Waals surface area contributed by atoms with Crippen LogP contribution >= 0.6 is 0 Å². The highest BCUT2D eigenvalue weighted by atomic mass is 16.4. The van der Waals surface area contributed by atoms with E-state index in [2.05, 4.69) is 10.3 Å². The van der Waals surface area contributed by atoms with E-state index in [1.165, 1.54) is 6.07 Å². The molecule has 2 aromatic rings. The number of aromatic nitrogens is 3. The first kappa shape index (κ1) is 11.3. The van der Waals surface area contributed by atoms with Gasteiger partial charge < -0.3 is 15.3 Å². The van der Waals surface area contributed by atoms with E-state index >= 15 is 0 Å². The molecular weight excluding hydrogens is 224 g/mol. The van der Waals surface area contributed by atoms with Crippen molar-refractivity contribution in [2.75, 3.05) is 6.54 Å². The Morgan fingerprint density at radius 1 is 1.53 bits per heavy atom. The number of nitrogens with two attached hydrogens (primary N) is 1. The van der Waals surface area contributed by atoms with Crippen LogP contribution in [0.25, 0.3) is 0 Å². The Morgan fingerprint density at radius 2 is 2.35 bits per heavy atom. The molecule has 0 radical (unpaired) electrons. The Hall–Kier alpha value is -2.15. The van der Waals surface area contributed by atoms with Crippen LogP contribution in [-0.4, -0.2) is 26.6 Å². The number of rotatable bonds is 4. The number of aromatic hydroxyl groups is 1.